The lowest BCUT2D eigenvalue weighted by molar-refractivity contribution is 0.0942. The fourth-order valence-corrected chi connectivity index (χ4v) is 4.20. The molecule has 3 aromatic carbocycles. The van der Waals surface area contributed by atoms with Crippen LogP contribution in [0.5, 0.6) is 0 Å². The average Bonchev–Trinajstić information content (AvgIpc) is 2.79. The number of hydrogen-bond donors (Lipinski definition) is 2. The molecule has 3 aromatic rings. The van der Waals surface area contributed by atoms with E-state index in [9.17, 15) is 13.2 Å². The van der Waals surface area contributed by atoms with Gasteiger partial charge in [0.05, 0.1) is 17.5 Å². The van der Waals surface area contributed by atoms with Crippen LogP contribution in [0.3, 0.4) is 0 Å². The minimum absolute atomic E-state index is 0.0304. The molecule has 0 aliphatic rings. The molecule has 0 aliphatic heterocycles. The van der Waals surface area contributed by atoms with Gasteiger partial charge < -0.3 is 10.1 Å². The van der Waals surface area contributed by atoms with E-state index in [-0.39, 0.29) is 35.6 Å². The smallest absolute Gasteiger partial charge is 0.252 e. The molecule has 1 unspecified atom stereocenters. The number of carbonyl (C=O) groups excluding carboxylic acids is 1. The van der Waals surface area contributed by atoms with Crippen molar-refractivity contribution in [1.29, 1.82) is 0 Å². The number of methoxy groups -OCH3 is 1. The van der Waals surface area contributed by atoms with E-state index in [0.717, 1.165) is 16.7 Å². The summed E-state index contributed by atoms with van der Waals surface area (Å²) in [6.45, 7) is 2.42. The number of benzene rings is 3. The number of rotatable bonds is 9. The van der Waals surface area contributed by atoms with Crippen molar-refractivity contribution >= 4 is 15.9 Å². The first-order chi connectivity index (χ1) is 14.9. The molecular formula is C24H26N2O4S. The molecule has 1 amide bonds. The number of carbonyl (C=O) groups is 1. The molecule has 0 fully saturated rings. The molecule has 0 saturated carbocycles. The highest BCUT2D eigenvalue weighted by Gasteiger charge is 2.20. The standard InChI is InChI=1S/C24H26N2O4S/c1-18-11-13-20(14-12-18)23(19-7-4-3-5-8-19)26-24(27)21-9-6-10-22(17-21)31(28,29)25-15-16-30-2/h3-14,17,23,25H,15-16H2,1-2H3,(H,26,27). The first-order valence-corrected chi connectivity index (χ1v) is 11.4. The lowest BCUT2D eigenvalue weighted by Crippen LogP contribution is -2.30. The second-order valence-electron chi connectivity index (χ2n) is 7.15. The molecule has 0 saturated heterocycles. The van der Waals surface area contributed by atoms with Crippen LogP contribution in [0.25, 0.3) is 0 Å². The molecule has 162 valence electrons. The van der Waals surface area contributed by atoms with E-state index in [4.69, 9.17) is 4.74 Å². The zero-order valence-corrected chi connectivity index (χ0v) is 18.4. The van der Waals surface area contributed by atoms with Crippen LogP contribution in [0, 0.1) is 6.92 Å². The molecule has 7 heteroatoms. The summed E-state index contributed by atoms with van der Waals surface area (Å²) in [5.74, 6) is -0.358. The Bertz CT molecular complexity index is 1110. The Hall–Kier alpha value is -3.00. The number of aryl methyl sites for hydroxylation is 1. The number of ether oxygens (including phenoxy) is 1. The van der Waals surface area contributed by atoms with Crippen molar-refractivity contribution in [2.24, 2.45) is 0 Å². The predicted octanol–water partition coefficient (Wildman–Crippen LogP) is 3.44. The average molecular weight is 439 g/mol. The van der Waals surface area contributed by atoms with Crippen LogP contribution >= 0.6 is 0 Å². The lowest BCUT2D eigenvalue weighted by Gasteiger charge is -2.20. The third kappa shape index (κ3) is 6.01. The van der Waals surface area contributed by atoms with E-state index in [1.54, 1.807) is 12.1 Å². The van der Waals surface area contributed by atoms with Gasteiger partial charge in [0, 0.05) is 19.2 Å². The molecule has 0 heterocycles. The summed E-state index contributed by atoms with van der Waals surface area (Å²) in [4.78, 5) is 13.1. The van der Waals surface area contributed by atoms with Crippen molar-refractivity contribution in [3.8, 4) is 0 Å². The van der Waals surface area contributed by atoms with E-state index in [1.807, 2.05) is 61.5 Å². The maximum Gasteiger partial charge on any atom is 0.252 e. The fourth-order valence-electron chi connectivity index (χ4n) is 3.14. The largest absolute Gasteiger partial charge is 0.383 e. The summed E-state index contributed by atoms with van der Waals surface area (Å²) in [5, 5.41) is 3.04. The van der Waals surface area contributed by atoms with Gasteiger partial charge in [0.25, 0.3) is 5.91 Å². The van der Waals surface area contributed by atoms with Crippen molar-refractivity contribution in [1.82, 2.24) is 10.0 Å². The minimum Gasteiger partial charge on any atom is -0.383 e. The van der Waals surface area contributed by atoms with Crippen LogP contribution in [0.2, 0.25) is 0 Å². The molecule has 31 heavy (non-hydrogen) atoms. The van der Waals surface area contributed by atoms with Crippen LogP contribution in [0.1, 0.15) is 33.1 Å². The summed E-state index contributed by atoms with van der Waals surface area (Å²) in [6.07, 6.45) is 0. The molecule has 6 nitrogen and oxygen atoms in total. The van der Waals surface area contributed by atoms with Crippen molar-refractivity contribution < 1.29 is 17.9 Å². The molecule has 2 N–H and O–H groups in total. The molecule has 0 aliphatic carbocycles. The maximum absolute atomic E-state index is 13.1. The zero-order chi connectivity index (χ0) is 22.3. The van der Waals surface area contributed by atoms with E-state index in [1.165, 1.54) is 19.2 Å². The van der Waals surface area contributed by atoms with E-state index < -0.39 is 10.0 Å². The highest BCUT2D eigenvalue weighted by Crippen LogP contribution is 2.23. The monoisotopic (exact) mass is 438 g/mol. The van der Waals surface area contributed by atoms with Gasteiger partial charge in [0.1, 0.15) is 0 Å². The molecule has 0 aromatic heterocycles. The van der Waals surface area contributed by atoms with Crippen molar-refractivity contribution in [3.05, 3.63) is 101 Å². The van der Waals surface area contributed by atoms with Crippen LogP contribution in [0.15, 0.2) is 83.8 Å². The van der Waals surface area contributed by atoms with E-state index >= 15 is 0 Å². The van der Waals surface area contributed by atoms with Gasteiger partial charge in [-0.1, -0.05) is 66.2 Å². The maximum atomic E-state index is 13.1. The summed E-state index contributed by atoms with van der Waals surface area (Å²) in [6, 6.07) is 23.2. The van der Waals surface area contributed by atoms with Gasteiger partial charge >= 0.3 is 0 Å². The Morgan fingerprint density at radius 1 is 0.935 bits per heavy atom. The summed E-state index contributed by atoms with van der Waals surface area (Å²) in [5.41, 5.74) is 3.27. The van der Waals surface area contributed by atoms with Gasteiger partial charge in [0.2, 0.25) is 10.0 Å². The summed E-state index contributed by atoms with van der Waals surface area (Å²) in [7, 11) is -2.24. The van der Waals surface area contributed by atoms with Gasteiger partial charge in [-0.25, -0.2) is 13.1 Å². The van der Waals surface area contributed by atoms with Gasteiger partial charge in [-0.3, -0.25) is 4.79 Å². The second-order valence-corrected chi connectivity index (χ2v) is 8.91. The van der Waals surface area contributed by atoms with Crippen molar-refractivity contribution in [2.45, 2.75) is 17.9 Å². The topological polar surface area (TPSA) is 84.5 Å². The SMILES string of the molecule is COCCNS(=O)(=O)c1cccc(C(=O)NC(c2ccccc2)c2ccc(C)cc2)c1. The highest BCUT2D eigenvalue weighted by atomic mass is 32.2. The molecular weight excluding hydrogens is 412 g/mol. The Kier molecular flexibility index (Phi) is 7.57. The Morgan fingerprint density at radius 2 is 1.61 bits per heavy atom. The molecule has 3 rings (SSSR count). The normalized spacial score (nSPS) is 12.3. The third-order valence-corrected chi connectivity index (χ3v) is 6.28. The van der Waals surface area contributed by atoms with E-state index in [2.05, 4.69) is 10.0 Å². The molecule has 0 spiro atoms. The van der Waals surface area contributed by atoms with Gasteiger partial charge in [-0.05, 0) is 36.2 Å². The van der Waals surface area contributed by atoms with Gasteiger partial charge in [0.15, 0.2) is 0 Å². The lowest BCUT2D eigenvalue weighted by atomic mass is 9.97. The van der Waals surface area contributed by atoms with Crippen molar-refractivity contribution in [3.63, 3.8) is 0 Å². The van der Waals surface area contributed by atoms with Crippen LogP contribution in [-0.2, 0) is 14.8 Å². The number of amides is 1. The molecule has 0 bridgehead atoms. The predicted molar refractivity (Wildman–Crippen MR) is 120 cm³/mol. The van der Waals surface area contributed by atoms with Gasteiger partial charge in [-0.2, -0.15) is 0 Å². The summed E-state index contributed by atoms with van der Waals surface area (Å²) < 4.78 is 32.3. The Morgan fingerprint density at radius 3 is 2.29 bits per heavy atom. The third-order valence-electron chi connectivity index (χ3n) is 4.82. The highest BCUT2D eigenvalue weighted by molar-refractivity contribution is 7.89. The Labute approximate surface area is 183 Å². The molecule has 1 atom stereocenters. The van der Waals surface area contributed by atoms with Crippen LogP contribution in [-0.4, -0.2) is 34.6 Å². The first-order valence-electron chi connectivity index (χ1n) is 9.92. The molecule has 0 radical (unpaired) electrons. The number of sulfonamides is 1. The van der Waals surface area contributed by atoms with Gasteiger partial charge in [-0.15, -0.1) is 0 Å². The second kappa shape index (κ2) is 10.3. The zero-order valence-electron chi connectivity index (χ0n) is 17.5. The minimum atomic E-state index is -3.74. The first kappa shape index (κ1) is 22.7. The van der Waals surface area contributed by atoms with Crippen LogP contribution in [0.4, 0.5) is 0 Å². The number of hydrogen-bond acceptors (Lipinski definition) is 4. The quantitative estimate of drug-likeness (QED) is 0.501. The van der Waals surface area contributed by atoms with E-state index in [0.29, 0.717) is 0 Å². The Balaban J connectivity index is 1.86. The summed E-state index contributed by atoms with van der Waals surface area (Å²) >= 11 is 0. The van der Waals surface area contributed by atoms with Crippen molar-refractivity contribution in [2.75, 3.05) is 20.3 Å². The number of nitrogens with one attached hydrogen (secondary N) is 2. The van der Waals surface area contributed by atoms with Crippen LogP contribution < -0.4 is 10.0 Å². The fraction of sp³-hybridized carbons (Fsp3) is 0.208.